The Morgan fingerprint density at radius 2 is 1.74 bits per heavy atom. The number of hydrogen-bond donors (Lipinski definition) is 2. The summed E-state index contributed by atoms with van der Waals surface area (Å²) in [5.74, 6) is -0.688. The molecule has 2 atom stereocenters. The summed E-state index contributed by atoms with van der Waals surface area (Å²) < 4.78 is 39.7. The van der Waals surface area contributed by atoms with E-state index in [2.05, 4.69) is 10.6 Å². The van der Waals surface area contributed by atoms with Gasteiger partial charge in [-0.1, -0.05) is 35.9 Å². The van der Waals surface area contributed by atoms with Gasteiger partial charge in [0, 0.05) is 18.2 Å². The summed E-state index contributed by atoms with van der Waals surface area (Å²) in [7, 11) is -4.03. The number of rotatable bonds is 7. The first-order valence-electron chi connectivity index (χ1n) is 12.2. The smallest absolute Gasteiger partial charge is 0.267 e. The Labute approximate surface area is 225 Å². The normalized spacial score (nSPS) is 18.8. The molecule has 3 aromatic carbocycles. The lowest BCUT2D eigenvalue weighted by Gasteiger charge is -2.34. The third-order valence-electron chi connectivity index (χ3n) is 6.37. The van der Waals surface area contributed by atoms with Gasteiger partial charge in [0.2, 0.25) is 0 Å². The van der Waals surface area contributed by atoms with Gasteiger partial charge in [-0.3, -0.25) is 13.9 Å². The monoisotopic (exact) mass is 555 g/mol. The first-order chi connectivity index (χ1) is 18.3. The van der Waals surface area contributed by atoms with Gasteiger partial charge in [-0.15, -0.1) is 0 Å². The van der Waals surface area contributed by atoms with Crippen LogP contribution in [0.5, 0.6) is 5.75 Å². The number of amides is 2. The maximum absolute atomic E-state index is 13.5. The van der Waals surface area contributed by atoms with E-state index in [1.807, 2.05) is 0 Å². The second kappa shape index (κ2) is 11.0. The van der Waals surface area contributed by atoms with Gasteiger partial charge in [0.1, 0.15) is 5.75 Å². The van der Waals surface area contributed by atoms with Crippen molar-refractivity contribution in [1.82, 2.24) is 5.32 Å². The van der Waals surface area contributed by atoms with Crippen LogP contribution in [0, 0.1) is 0 Å². The summed E-state index contributed by atoms with van der Waals surface area (Å²) in [5, 5.41) is 6.00. The molecule has 1 saturated heterocycles. The van der Waals surface area contributed by atoms with Gasteiger partial charge in [0.05, 0.1) is 34.5 Å². The quantitative estimate of drug-likeness (QED) is 0.458. The summed E-state index contributed by atoms with van der Waals surface area (Å²) in [6.45, 7) is 0.796. The van der Waals surface area contributed by atoms with Crippen molar-refractivity contribution in [3.8, 4) is 5.75 Å². The lowest BCUT2D eigenvalue weighted by Crippen LogP contribution is -2.49. The Morgan fingerprint density at radius 1 is 1.00 bits per heavy atom. The van der Waals surface area contributed by atoms with Crippen LogP contribution in [-0.4, -0.2) is 52.1 Å². The van der Waals surface area contributed by atoms with Crippen LogP contribution >= 0.6 is 11.6 Å². The highest BCUT2D eigenvalue weighted by Gasteiger charge is 2.37. The Balaban J connectivity index is 1.36. The van der Waals surface area contributed by atoms with Crippen LogP contribution in [0.3, 0.4) is 0 Å². The van der Waals surface area contributed by atoms with Crippen molar-refractivity contribution >= 4 is 44.8 Å². The highest BCUT2D eigenvalue weighted by atomic mass is 35.5. The molecule has 5 rings (SSSR count). The summed E-state index contributed by atoms with van der Waals surface area (Å²) in [6, 6.07) is 19.0. The molecule has 2 heterocycles. The van der Waals surface area contributed by atoms with Gasteiger partial charge in [-0.05, 0) is 61.4 Å². The van der Waals surface area contributed by atoms with Crippen molar-refractivity contribution in [2.24, 2.45) is 0 Å². The summed E-state index contributed by atoms with van der Waals surface area (Å²) in [5.41, 5.74) is 0.887. The molecule has 3 aromatic rings. The Hall–Kier alpha value is -3.60. The molecule has 0 bridgehead atoms. The van der Waals surface area contributed by atoms with Crippen molar-refractivity contribution in [1.29, 1.82) is 0 Å². The summed E-state index contributed by atoms with van der Waals surface area (Å²) in [6.07, 6.45) is 0.650. The minimum Gasteiger partial charge on any atom is -0.476 e. The lowest BCUT2D eigenvalue weighted by molar-refractivity contribution is -0.122. The van der Waals surface area contributed by atoms with Gasteiger partial charge in [-0.25, -0.2) is 8.42 Å². The van der Waals surface area contributed by atoms with E-state index in [0.29, 0.717) is 23.9 Å². The number of para-hydroxylation sites is 3. The molecule has 2 N–H and O–H groups in total. The standard InChI is InChI=1S/C27H26ClN3O6S/c28-18-11-13-20(14-12-18)38(34,35)31-17-25(37-24-10-4-3-9-23(24)31)27(33)30-22-8-2-1-7-21(22)26(32)29-16-19-6-5-15-36-19/h1-4,7-14,19,25H,5-6,15-17H2,(H,29,32)(H,30,33)/t19-,25-/m1/s1. The van der Waals surface area contributed by atoms with Crippen molar-refractivity contribution in [3.63, 3.8) is 0 Å². The minimum absolute atomic E-state index is 0.0232. The third-order valence-corrected chi connectivity index (χ3v) is 8.42. The average Bonchev–Trinajstić information content (AvgIpc) is 3.45. The Morgan fingerprint density at radius 3 is 2.50 bits per heavy atom. The second-order valence-corrected chi connectivity index (χ2v) is 11.2. The van der Waals surface area contributed by atoms with Crippen LogP contribution in [0.2, 0.25) is 5.02 Å². The molecule has 2 amide bonds. The maximum Gasteiger partial charge on any atom is 0.267 e. The van der Waals surface area contributed by atoms with Crippen LogP contribution in [0.1, 0.15) is 23.2 Å². The zero-order valence-electron chi connectivity index (χ0n) is 20.3. The summed E-state index contributed by atoms with van der Waals surface area (Å²) in [4.78, 5) is 26.2. The molecule has 9 nitrogen and oxygen atoms in total. The number of anilines is 2. The van der Waals surface area contributed by atoms with Crippen molar-refractivity contribution in [2.45, 2.75) is 29.9 Å². The van der Waals surface area contributed by atoms with Crippen molar-refractivity contribution in [3.05, 3.63) is 83.4 Å². The third kappa shape index (κ3) is 5.47. The van der Waals surface area contributed by atoms with Gasteiger partial charge in [-0.2, -0.15) is 0 Å². The van der Waals surface area contributed by atoms with E-state index in [-0.39, 0.29) is 40.5 Å². The number of benzene rings is 3. The van der Waals surface area contributed by atoms with E-state index in [9.17, 15) is 18.0 Å². The number of ether oxygens (including phenoxy) is 2. The number of carbonyl (C=O) groups is 2. The van der Waals surface area contributed by atoms with E-state index in [1.54, 1.807) is 48.5 Å². The Bertz CT molecular complexity index is 1440. The van der Waals surface area contributed by atoms with Crippen LogP contribution in [-0.2, 0) is 19.6 Å². The largest absolute Gasteiger partial charge is 0.476 e. The SMILES string of the molecule is O=C(NC[C@H]1CCCO1)c1ccccc1NC(=O)[C@H]1CN(S(=O)(=O)c2ccc(Cl)cc2)c2ccccc2O1. The highest BCUT2D eigenvalue weighted by Crippen LogP contribution is 2.37. The number of sulfonamides is 1. The molecule has 38 heavy (non-hydrogen) atoms. The van der Waals surface area contributed by atoms with E-state index < -0.39 is 22.0 Å². The van der Waals surface area contributed by atoms with Gasteiger partial charge in [0.15, 0.2) is 6.10 Å². The van der Waals surface area contributed by atoms with Crippen molar-refractivity contribution < 1.29 is 27.5 Å². The van der Waals surface area contributed by atoms with E-state index >= 15 is 0 Å². The average molecular weight is 556 g/mol. The first kappa shape index (κ1) is 26.0. The number of nitrogens with one attached hydrogen (secondary N) is 2. The van der Waals surface area contributed by atoms with Crippen LogP contribution in [0.4, 0.5) is 11.4 Å². The molecule has 2 aliphatic heterocycles. The summed E-state index contributed by atoms with van der Waals surface area (Å²) >= 11 is 5.94. The maximum atomic E-state index is 13.5. The molecule has 0 saturated carbocycles. The fourth-order valence-corrected chi connectivity index (χ4v) is 6.01. The van der Waals surface area contributed by atoms with Crippen LogP contribution < -0.4 is 19.7 Å². The van der Waals surface area contributed by atoms with Crippen LogP contribution in [0.15, 0.2) is 77.7 Å². The number of carbonyl (C=O) groups excluding carboxylic acids is 2. The van der Waals surface area contributed by atoms with Gasteiger partial charge in [0.25, 0.3) is 21.8 Å². The minimum atomic E-state index is -4.03. The molecular formula is C27H26ClN3O6S. The molecule has 0 spiro atoms. The van der Waals surface area contributed by atoms with E-state index in [4.69, 9.17) is 21.1 Å². The number of halogens is 1. The highest BCUT2D eigenvalue weighted by molar-refractivity contribution is 7.92. The van der Waals surface area contributed by atoms with Gasteiger partial charge >= 0.3 is 0 Å². The molecule has 198 valence electrons. The predicted octanol–water partition coefficient (Wildman–Crippen LogP) is 3.84. The molecular weight excluding hydrogens is 530 g/mol. The second-order valence-electron chi connectivity index (χ2n) is 8.94. The lowest BCUT2D eigenvalue weighted by atomic mass is 10.1. The predicted molar refractivity (Wildman–Crippen MR) is 143 cm³/mol. The van der Waals surface area contributed by atoms with E-state index in [0.717, 1.165) is 17.1 Å². The van der Waals surface area contributed by atoms with Crippen LogP contribution in [0.25, 0.3) is 0 Å². The molecule has 0 aromatic heterocycles. The topological polar surface area (TPSA) is 114 Å². The van der Waals surface area contributed by atoms with Crippen molar-refractivity contribution in [2.75, 3.05) is 29.3 Å². The first-order valence-corrected chi connectivity index (χ1v) is 14.0. The molecule has 2 aliphatic rings. The molecule has 11 heteroatoms. The number of fused-ring (bicyclic) bond motifs is 1. The molecule has 1 fully saturated rings. The number of hydrogen-bond acceptors (Lipinski definition) is 6. The molecule has 0 unspecified atom stereocenters. The zero-order valence-corrected chi connectivity index (χ0v) is 21.9. The molecule has 0 radical (unpaired) electrons. The number of nitrogens with zero attached hydrogens (tertiary/aromatic N) is 1. The fraction of sp³-hybridized carbons (Fsp3) is 0.259. The fourth-order valence-electron chi connectivity index (χ4n) is 4.41. The van der Waals surface area contributed by atoms with E-state index in [1.165, 1.54) is 24.3 Å². The van der Waals surface area contributed by atoms with Gasteiger partial charge < -0.3 is 20.1 Å². The Kier molecular flexibility index (Phi) is 7.55. The zero-order chi connectivity index (χ0) is 26.7. The molecule has 0 aliphatic carbocycles.